The number of nitrogens with zero attached hydrogens (tertiary/aromatic N) is 7. The van der Waals surface area contributed by atoms with Gasteiger partial charge in [0.15, 0.2) is 11.5 Å². The fourth-order valence-electron chi connectivity index (χ4n) is 3.72. The SMILES string of the molecule is Cn1cc(Nc2ncc(Cl)c(N[C@@H]3COC4C3OC[C@@H]4Nc3ccc(C#N)nn3)n2)cn1. The summed E-state index contributed by atoms with van der Waals surface area (Å²) >= 11 is 6.32. The van der Waals surface area contributed by atoms with Crippen LogP contribution in [0.3, 0.4) is 0 Å². The van der Waals surface area contributed by atoms with Gasteiger partial charge >= 0.3 is 0 Å². The van der Waals surface area contributed by atoms with Gasteiger partial charge in [-0.3, -0.25) is 4.68 Å². The minimum atomic E-state index is -0.195. The summed E-state index contributed by atoms with van der Waals surface area (Å²) in [7, 11) is 1.83. The topological polar surface area (TPSA) is 148 Å². The average molecular weight is 455 g/mol. The smallest absolute Gasteiger partial charge is 0.229 e. The molecule has 12 nitrogen and oxygen atoms in total. The van der Waals surface area contributed by atoms with Gasteiger partial charge in [-0.15, -0.1) is 10.2 Å². The Kier molecular flexibility index (Phi) is 5.44. The first-order chi connectivity index (χ1) is 15.6. The number of hydrogen-bond donors (Lipinski definition) is 3. The third kappa shape index (κ3) is 4.13. The maximum atomic E-state index is 8.85. The van der Waals surface area contributed by atoms with Crippen LogP contribution in [0.25, 0.3) is 0 Å². The summed E-state index contributed by atoms with van der Waals surface area (Å²) in [6, 6.07) is 5.02. The Morgan fingerprint density at radius 1 is 1.12 bits per heavy atom. The van der Waals surface area contributed by atoms with E-state index in [1.54, 1.807) is 23.0 Å². The molecule has 2 fully saturated rings. The van der Waals surface area contributed by atoms with Gasteiger partial charge in [-0.2, -0.15) is 15.3 Å². The first-order valence-electron chi connectivity index (χ1n) is 9.87. The van der Waals surface area contributed by atoms with Crippen molar-refractivity contribution in [3.8, 4) is 6.07 Å². The van der Waals surface area contributed by atoms with Crippen molar-refractivity contribution in [2.75, 3.05) is 29.2 Å². The second kappa shape index (κ2) is 8.54. The molecule has 32 heavy (non-hydrogen) atoms. The maximum absolute atomic E-state index is 8.85. The minimum absolute atomic E-state index is 0.0993. The van der Waals surface area contributed by atoms with Crippen LogP contribution in [-0.2, 0) is 16.5 Å². The van der Waals surface area contributed by atoms with E-state index in [4.69, 9.17) is 26.3 Å². The van der Waals surface area contributed by atoms with E-state index in [-0.39, 0.29) is 30.0 Å². The van der Waals surface area contributed by atoms with Gasteiger partial charge in [-0.1, -0.05) is 11.6 Å². The number of aryl methyl sites for hydroxylation is 1. The van der Waals surface area contributed by atoms with E-state index in [0.29, 0.717) is 35.8 Å². The lowest BCUT2D eigenvalue weighted by Gasteiger charge is -2.19. The molecule has 2 aliphatic heterocycles. The highest BCUT2D eigenvalue weighted by Crippen LogP contribution is 2.32. The second-order valence-corrected chi connectivity index (χ2v) is 7.84. The number of halogens is 1. The molecular formula is C19H19ClN10O2. The maximum Gasteiger partial charge on any atom is 0.229 e. The van der Waals surface area contributed by atoms with Crippen molar-refractivity contribution in [3.05, 3.63) is 41.4 Å². The van der Waals surface area contributed by atoms with Gasteiger partial charge in [-0.25, -0.2) is 4.98 Å². The van der Waals surface area contributed by atoms with Gasteiger partial charge in [-0.05, 0) is 12.1 Å². The first kappa shape index (κ1) is 20.4. The van der Waals surface area contributed by atoms with E-state index >= 15 is 0 Å². The molecule has 0 saturated carbocycles. The quantitative estimate of drug-likeness (QED) is 0.495. The monoisotopic (exact) mass is 454 g/mol. The van der Waals surface area contributed by atoms with Crippen LogP contribution in [0.5, 0.6) is 0 Å². The molecule has 0 bridgehead atoms. The van der Waals surface area contributed by atoms with Crippen molar-refractivity contribution >= 4 is 34.9 Å². The summed E-state index contributed by atoms with van der Waals surface area (Å²) in [4.78, 5) is 8.70. The Morgan fingerprint density at radius 3 is 2.56 bits per heavy atom. The standard InChI is InChI=1S/C19H19ClN10O2/c1-30-7-11(5-23-30)24-19-22-6-12(20)18(27-19)26-14-9-32-16-13(8-31-17(14)16)25-15-3-2-10(4-21)28-29-15/h2-3,5-7,13-14,16-17H,8-9H2,1H3,(H,25,29)(H2,22,24,26,27)/t13-,14+,16?,17?/m0/s1. The molecule has 0 aromatic carbocycles. The molecule has 164 valence electrons. The van der Waals surface area contributed by atoms with Crippen LogP contribution in [0.2, 0.25) is 5.02 Å². The Bertz CT molecular complexity index is 1150. The number of ether oxygens (including phenoxy) is 2. The zero-order valence-corrected chi connectivity index (χ0v) is 17.7. The van der Waals surface area contributed by atoms with Gasteiger partial charge in [0.25, 0.3) is 0 Å². The Balaban J connectivity index is 1.24. The van der Waals surface area contributed by atoms with Crippen LogP contribution in [-0.4, -0.2) is 67.5 Å². The largest absolute Gasteiger partial charge is 0.371 e. The molecule has 2 saturated heterocycles. The van der Waals surface area contributed by atoms with Gasteiger partial charge in [0.05, 0.1) is 43.4 Å². The van der Waals surface area contributed by atoms with E-state index in [0.717, 1.165) is 5.69 Å². The molecule has 0 amide bonds. The predicted octanol–water partition coefficient (Wildman–Crippen LogP) is 1.33. The van der Waals surface area contributed by atoms with E-state index in [9.17, 15) is 0 Å². The molecule has 5 heterocycles. The number of hydrogen-bond acceptors (Lipinski definition) is 11. The molecular weight excluding hydrogens is 436 g/mol. The van der Waals surface area contributed by atoms with E-state index < -0.39 is 0 Å². The number of fused-ring (bicyclic) bond motifs is 1. The third-order valence-electron chi connectivity index (χ3n) is 5.19. The molecule has 2 aliphatic rings. The number of rotatable bonds is 6. The van der Waals surface area contributed by atoms with Crippen molar-refractivity contribution < 1.29 is 9.47 Å². The first-order valence-corrected chi connectivity index (χ1v) is 10.2. The number of aromatic nitrogens is 6. The number of anilines is 4. The van der Waals surface area contributed by atoms with Crippen LogP contribution in [0.4, 0.5) is 23.3 Å². The second-order valence-electron chi connectivity index (χ2n) is 7.43. The summed E-state index contributed by atoms with van der Waals surface area (Å²) in [5, 5.41) is 30.9. The van der Waals surface area contributed by atoms with Gasteiger partial charge in [0, 0.05) is 13.2 Å². The average Bonchev–Trinajstić information content (AvgIpc) is 3.50. The number of nitriles is 1. The summed E-state index contributed by atoms with van der Waals surface area (Å²) in [5.74, 6) is 1.44. The summed E-state index contributed by atoms with van der Waals surface area (Å²) in [6.45, 7) is 0.874. The van der Waals surface area contributed by atoms with Crippen molar-refractivity contribution in [1.29, 1.82) is 5.26 Å². The lowest BCUT2D eigenvalue weighted by Crippen LogP contribution is -2.38. The molecule has 3 N–H and O–H groups in total. The highest BCUT2D eigenvalue weighted by atomic mass is 35.5. The van der Waals surface area contributed by atoms with Gasteiger partial charge in [0.2, 0.25) is 5.95 Å². The molecule has 13 heteroatoms. The molecule has 0 radical (unpaired) electrons. The summed E-state index contributed by atoms with van der Waals surface area (Å²) in [6.07, 6.45) is 4.65. The zero-order chi connectivity index (χ0) is 22.1. The highest BCUT2D eigenvalue weighted by Gasteiger charge is 2.48. The molecule has 4 atom stereocenters. The molecule has 3 aromatic heterocycles. The van der Waals surface area contributed by atoms with Crippen LogP contribution in [0.15, 0.2) is 30.7 Å². The summed E-state index contributed by atoms with van der Waals surface area (Å²) in [5.41, 5.74) is 1.03. The normalized spacial score (nSPS) is 24.0. The lowest BCUT2D eigenvalue weighted by molar-refractivity contribution is 0.0707. The zero-order valence-electron chi connectivity index (χ0n) is 16.9. The predicted molar refractivity (Wildman–Crippen MR) is 115 cm³/mol. The van der Waals surface area contributed by atoms with Crippen molar-refractivity contribution in [2.24, 2.45) is 7.05 Å². The third-order valence-corrected chi connectivity index (χ3v) is 5.47. The van der Waals surface area contributed by atoms with Gasteiger partial charge < -0.3 is 25.4 Å². The van der Waals surface area contributed by atoms with E-state index in [2.05, 4.69) is 41.2 Å². The molecule has 3 aromatic rings. The Morgan fingerprint density at radius 2 is 1.91 bits per heavy atom. The molecule has 5 rings (SSSR count). The van der Waals surface area contributed by atoms with Crippen LogP contribution in [0.1, 0.15) is 5.69 Å². The van der Waals surface area contributed by atoms with Crippen LogP contribution in [0, 0.1) is 11.3 Å². The lowest BCUT2D eigenvalue weighted by atomic mass is 10.1. The van der Waals surface area contributed by atoms with E-state index in [1.807, 2.05) is 19.3 Å². The van der Waals surface area contributed by atoms with Crippen LogP contribution >= 0.6 is 11.6 Å². The molecule has 0 aliphatic carbocycles. The van der Waals surface area contributed by atoms with Crippen molar-refractivity contribution in [1.82, 2.24) is 29.9 Å². The van der Waals surface area contributed by atoms with Gasteiger partial charge in [0.1, 0.15) is 29.1 Å². The fourth-order valence-corrected chi connectivity index (χ4v) is 3.87. The molecule has 0 spiro atoms. The van der Waals surface area contributed by atoms with E-state index in [1.165, 1.54) is 6.20 Å². The summed E-state index contributed by atoms with van der Waals surface area (Å²) < 4.78 is 13.7. The Labute approximate surface area is 187 Å². The van der Waals surface area contributed by atoms with Crippen molar-refractivity contribution in [2.45, 2.75) is 24.3 Å². The molecule has 2 unspecified atom stereocenters. The van der Waals surface area contributed by atoms with Crippen LogP contribution < -0.4 is 16.0 Å². The highest BCUT2D eigenvalue weighted by molar-refractivity contribution is 6.32. The number of nitrogens with one attached hydrogen (secondary N) is 3. The minimum Gasteiger partial charge on any atom is -0.371 e. The Hall–Kier alpha value is -3.53. The van der Waals surface area contributed by atoms with Crippen molar-refractivity contribution in [3.63, 3.8) is 0 Å². The fraction of sp³-hybridized carbons (Fsp3) is 0.368.